The third-order valence-corrected chi connectivity index (χ3v) is 5.97. The van der Waals surface area contributed by atoms with E-state index in [1.165, 1.54) is 43.1 Å². The quantitative estimate of drug-likeness (QED) is 0.258. The number of carbonyl (C=O) groups is 1. The number of hydrogen-bond acceptors (Lipinski definition) is 4. The standard InChI is InChI=1S/C23H18BrF2NO3S/c1-30-21-10-16(24)17(25)11-20(21)27-19-12-18(26)22(9-15(19)7-8-23(28)29)31-13-14-5-3-2-4-6-14/h2-12,27H,13H2,1H3,(H,28,29). The maximum Gasteiger partial charge on any atom is 0.328 e. The Balaban J connectivity index is 1.96. The van der Waals surface area contributed by atoms with Crippen LogP contribution in [0.3, 0.4) is 0 Å². The van der Waals surface area contributed by atoms with Crippen LogP contribution in [-0.2, 0) is 10.5 Å². The Kier molecular flexibility index (Phi) is 7.70. The second kappa shape index (κ2) is 10.5. The summed E-state index contributed by atoms with van der Waals surface area (Å²) in [6.45, 7) is 0. The van der Waals surface area contributed by atoms with E-state index in [2.05, 4.69) is 21.2 Å². The fraction of sp³-hybridized carbons (Fsp3) is 0.0870. The lowest BCUT2D eigenvalue weighted by Crippen LogP contribution is -2.00. The van der Waals surface area contributed by atoms with Crippen molar-refractivity contribution < 1.29 is 23.4 Å². The van der Waals surface area contributed by atoms with Gasteiger partial charge in [-0.15, -0.1) is 11.8 Å². The number of nitrogens with one attached hydrogen (secondary N) is 1. The van der Waals surface area contributed by atoms with Crippen LogP contribution in [0.2, 0.25) is 0 Å². The Hall–Kier alpha value is -2.84. The smallest absolute Gasteiger partial charge is 0.328 e. The molecule has 0 aliphatic carbocycles. The number of halogens is 3. The van der Waals surface area contributed by atoms with Crippen molar-refractivity contribution in [3.63, 3.8) is 0 Å². The van der Waals surface area contributed by atoms with Crippen molar-refractivity contribution in [3.8, 4) is 5.75 Å². The second-order valence-corrected chi connectivity index (χ2v) is 8.28. The molecule has 2 N–H and O–H groups in total. The molecular weight excluding hydrogens is 488 g/mol. The van der Waals surface area contributed by atoms with Gasteiger partial charge in [0.25, 0.3) is 0 Å². The predicted octanol–water partition coefficient (Wildman–Crippen LogP) is 6.87. The number of methoxy groups -OCH3 is 1. The third-order valence-electron chi connectivity index (χ3n) is 4.26. The molecule has 0 saturated heterocycles. The number of carboxylic acid groups (broad SMARTS) is 1. The van der Waals surface area contributed by atoms with Gasteiger partial charge in [-0.1, -0.05) is 30.3 Å². The second-order valence-electron chi connectivity index (χ2n) is 6.41. The first-order valence-electron chi connectivity index (χ1n) is 9.08. The van der Waals surface area contributed by atoms with E-state index in [0.717, 1.165) is 11.6 Å². The number of benzene rings is 3. The summed E-state index contributed by atoms with van der Waals surface area (Å²) in [6.07, 6.45) is 2.32. The summed E-state index contributed by atoms with van der Waals surface area (Å²) in [6, 6.07) is 15.1. The zero-order valence-corrected chi connectivity index (χ0v) is 18.8. The SMILES string of the molecule is COc1cc(Br)c(F)cc1Nc1cc(F)c(SCc2ccccc2)cc1C=CC(=O)O. The molecule has 3 aromatic carbocycles. The Morgan fingerprint density at radius 1 is 1.13 bits per heavy atom. The van der Waals surface area contributed by atoms with Gasteiger partial charge in [-0.2, -0.15) is 0 Å². The van der Waals surface area contributed by atoms with Gasteiger partial charge >= 0.3 is 5.97 Å². The number of aliphatic carboxylic acids is 1. The molecule has 0 atom stereocenters. The zero-order valence-electron chi connectivity index (χ0n) is 16.4. The lowest BCUT2D eigenvalue weighted by atomic mass is 10.1. The average Bonchev–Trinajstić information content (AvgIpc) is 2.75. The van der Waals surface area contributed by atoms with Crippen molar-refractivity contribution in [1.82, 2.24) is 0 Å². The maximum absolute atomic E-state index is 14.8. The van der Waals surface area contributed by atoms with Crippen LogP contribution in [0.4, 0.5) is 20.2 Å². The van der Waals surface area contributed by atoms with Gasteiger partial charge in [-0.25, -0.2) is 13.6 Å². The highest BCUT2D eigenvalue weighted by Crippen LogP contribution is 2.36. The molecule has 8 heteroatoms. The summed E-state index contributed by atoms with van der Waals surface area (Å²) < 4.78 is 34.4. The van der Waals surface area contributed by atoms with Gasteiger partial charge in [0.05, 0.1) is 17.3 Å². The Morgan fingerprint density at radius 2 is 1.84 bits per heavy atom. The number of carboxylic acids is 1. The first-order chi connectivity index (χ1) is 14.9. The number of hydrogen-bond donors (Lipinski definition) is 2. The lowest BCUT2D eigenvalue weighted by Gasteiger charge is -2.16. The molecule has 0 heterocycles. The van der Waals surface area contributed by atoms with Gasteiger partial charge in [0.1, 0.15) is 17.4 Å². The fourth-order valence-electron chi connectivity index (χ4n) is 2.76. The highest BCUT2D eigenvalue weighted by atomic mass is 79.9. The van der Waals surface area contributed by atoms with Crippen LogP contribution >= 0.6 is 27.7 Å². The molecular formula is C23H18BrF2NO3S. The molecule has 0 fully saturated rings. The molecule has 0 aliphatic heterocycles. The first-order valence-corrected chi connectivity index (χ1v) is 10.9. The van der Waals surface area contributed by atoms with Crippen molar-refractivity contribution in [1.29, 1.82) is 0 Å². The highest BCUT2D eigenvalue weighted by Gasteiger charge is 2.14. The first kappa shape index (κ1) is 22.8. The minimum Gasteiger partial charge on any atom is -0.495 e. The summed E-state index contributed by atoms with van der Waals surface area (Å²) in [5.41, 5.74) is 2.02. The molecule has 0 spiro atoms. The minimum atomic E-state index is -1.14. The summed E-state index contributed by atoms with van der Waals surface area (Å²) in [5.74, 6) is -1.25. The molecule has 0 amide bonds. The van der Waals surface area contributed by atoms with E-state index in [1.807, 2.05) is 30.3 Å². The molecule has 4 nitrogen and oxygen atoms in total. The van der Waals surface area contributed by atoms with E-state index in [4.69, 9.17) is 9.84 Å². The topological polar surface area (TPSA) is 58.6 Å². The van der Waals surface area contributed by atoms with Crippen LogP contribution < -0.4 is 10.1 Å². The third kappa shape index (κ3) is 6.08. The van der Waals surface area contributed by atoms with Crippen LogP contribution in [0.25, 0.3) is 6.08 Å². The highest BCUT2D eigenvalue weighted by molar-refractivity contribution is 9.10. The summed E-state index contributed by atoms with van der Waals surface area (Å²) in [4.78, 5) is 11.4. The molecule has 31 heavy (non-hydrogen) atoms. The van der Waals surface area contributed by atoms with Gasteiger partial charge in [-0.05, 0) is 51.3 Å². The Labute approximate surface area is 191 Å². The normalized spacial score (nSPS) is 11.0. The Bertz CT molecular complexity index is 1120. The molecule has 0 aromatic heterocycles. The van der Waals surface area contributed by atoms with Crippen LogP contribution in [0.5, 0.6) is 5.75 Å². The van der Waals surface area contributed by atoms with E-state index in [-0.39, 0.29) is 15.8 Å². The summed E-state index contributed by atoms with van der Waals surface area (Å²) >= 11 is 4.40. The molecule has 0 unspecified atom stereocenters. The number of anilines is 2. The van der Waals surface area contributed by atoms with Crippen molar-refractivity contribution in [2.75, 3.05) is 12.4 Å². The lowest BCUT2D eigenvalue weighted by molar-refractivity contribution is -0.131. The molecule has 0 radical (unpaired) electrons. The van der Waals surface area contributed by atoms with Crippen LogP contribution in [0.1, 0.15) is 11.1 Å². The van der Waals surface area contributed by atoms with Crippen LogP contribution in [0, 0.1) is 11.6 Å². The summed E-state index contributed by atoms with van der Waals surface area (Å²) in [5, 5.41) is 12.0. The molecule has 0 aliphatic rings. The summed E-state index contributed by atoms with van der Waals surface area (Å²) in [7, 11) is 1.43. The Morgan fingerprint density at radius 3 is 2.52 bits per heavy atom. The fourth-order valence-corrected chi connectivity index (χ4v) is 4.01. The largest absolute Gasteiger partial charge is 0.495 e. The van der Waals surface area contributed by atoms with E-state index >= 15 is 0 Å². The van der Waals surface area contributed by atoms with Gasteiger partial charge < -0.3 is 15.2 Å². The van der Waals surface area contributed by atoms with Gasteiger partial charge in [0.2, 0.25) is 0 Å². The minimum absolute atomic E-state index is 0.222. The van der Waals surface area contributed by atoms with Crippen molar-refractivity contribution in [3.05, 3.63) is 87.9 Å². The van der Waals surface area contributed by atoms with Crippen LogP contribution in [-0.4, -0.2) is 18.2 Å². The van der Waals surface area contributed by atoms with Crippen molar-refractivity contribution in [2.45, 2.75) is 10.6 Å². The number of thioether (sulfide) groups is 1. The molecule has 3 rings (SSSR count). The van der Waals surface area contributed by atoms with Crippen molar-refractivity contribution in [2.24, 2.45) is 0 Å². The molecule has 0 saturated carbocycles. The van der Waals surface area contributed by atoms with E-state index < -0.39 is 17.6 Å². The molecule has 0 bridgehead atoms. The van der Waals surface area contributed by atoms with Gasteiger partial charge in [0.15, 0.2) is 0 Å². The zero-order chi connectivity index (χ0) is 22.4. The predicted molar refractivity (Wildman–Crippen MR) is 123 cm³/mol. The van der Waals surface area contributed by atoms with Crippen molar-refractivity contribution >= 4 is 51.1 Å². The number of rotatable bonds is 8. The van der Waals surface area contributed by atoms with E-state index in [1.54, 1.807) is 6.07 Å². The number of ether oxygens (including phenoxy) is 1. The van der Waals surface area contributed by atoms with Gasteiger partial charge in [-0.3, -0.25) is 0 Å². The van der Waals surface area contributed by atoms with E-state index in [9.17, 15) is 13.6 Å². The molecule has 3 aromatic rings. The van der Waals surface area contributed by atoms with Crippen LogP contribution in [0.15, 0.2) is 70.0 Å². The molecule has 160 valence electrons. The monoisotopic (exact) mass is 505 g/mol. The van der Waals surface area contributed by atoms with Gasteiger partial charge in [0, 0.05) is 28.5 Å². The maximum atomic E-state index is 14.8. The average molecular weight is 506 g/mol. The van der Waals surface area contributed by atoms with E-state index in [0.29, 0.717) is 22.0 Å².